The molecule has 1 amide bonds. The minimum Gasteiger partial charge on any atom is -0.353 e. The number of nitrogens with one attached hydrogen (secondary N) is 2. The Morgan fingerprint density at radius 1 is 1.22 bits per heavy atom. The van der Waals surface area contributed by atoms with Crippen molar-refractivity contribution in [1.29, 1.82) is 0 Å². The molecule has 7 heteroatoms. The molecule has 1 aromatic carbocycles. The molecule has 1 saturated heterocycles. The van der Waals surface area contributed by atoms with Crippen LogP contribution in [0.15, 0.2) is 24.3 Å². The molecule has 1 aliphatic heterocycles. The van der Waals surface area contributed by atoms with E-state index in [-0.39, 0.29) is 36.2 Å². The first-order valence-electron chi connectivity index (χ1n) is 7.63. The minimum atomic E-state index is -4.34. The number of amides is 1. The summed E-state index contributed by atoms with van der Waals surface area (Å²) in [6, 6.07) is 5.52. The van der Waals surface area contributed by atoms with Crippen molar-refractivity contribution in [3.63, 3.8) is 0 Å². The Kier molecular flexibility index (Phi) is 5.57. The van der Waals surface area contributed by atoms with E-state index in [4.69, 9.17) is 0 Å². The Morgan fingerprint density at radius 3 is 2.57 bits per heavy atom. The standard InChI is InChI=1S/C16H19F3N2O.ClH/c17-16(18,19)11-3-1-2-10(8-11)13-9-14(13)15(22)21-12-4-6-20-7-5-12;/h1-3,8,12-14,20H,4-7,9H2,(H,21,22);1H. The fourth-order valence-electron chi connectivity index (χ4n) is 3.07. The predicted octanol–water partition coefficient (Wildman–Crippen LogP) is 3.10. The van der Waals surface area contributed by atoms with E-state index in [1.165, 1.54) is 12.1 Å². The van der Waals surface area contributed by atoms with E-state index in [9.17, 15) is 18.0 Å². The zero-order chi connectivity index (χ0) is 15.7. The summed E-state index contributed by atoms with van der Waals surface area (Å²) >= 11 is 0. The highest BCUT2D eigenvalue weighted by atomic mass is 35.5. The summed E-state index contributed by atoms with van der Waals surface area (Å²) in [5, 5.41) is 6.25. The van der Waals surface area contributed by atoms with Gasteiger partial charge in [0.2, 0.25) is 5.91 Å². The molecule has 23 heavy (non-hydrogen) atoms. The summed E-state index contributed by atoms with van der Waals surface area (Å²) < 4.78 is 38.2. The number of halogens is 4. The van der Waals surface area contributed by atoms with Crippen LogP contribution in [-0.2, 0) is 11.0 Å². The smallest absolute Gasteiger partial charge is 0.353 e. The monoisotopic (exact) mass is 348 g/mol. The summed E-state index contributed by atoms with van der Waals surface area (Å²) in [6.45, 7) is 1.79. The molecule has 1 aliphatic carbocycles. The summed E-state index contributed by atoms with van der Waals surface area (Å²) in [4.78, 5) is 12.2. The van der Waals surface area contributed by atoms with Crippen molar-refractivity contribution in [1.82, 2.24) is 10.6 Å². The third-order valence-electron chi connectivity index (χ3n) is 4.45. The SMILES string of the molecule is Cl.O=C(NC1CCNCC1)C1CC1c1cccc(C(F)(F)F)c1. The number of benzene rings is 1. The van der Waals surface area contributed by atoms with Gasteiger partial charge in [-0.2, -0.15) is 13.2 Å². The molecule has 0 aromatic heterocycles. The van der Waals surface area contributed by atoms with E-state index >= 15 is 0 Å². The molecular weight excluding hydrogens is 329 g/mol. The summed E-state index contributed by atoms with van der Waals surface area (Å²) in [7, 11) is 0. The van der Waals surface area contributed by atoms with Crippen molar-refractivity contribution in [2.75, 3.05) is 13.1 Å². The summed E-state index contributed by atoms with van der Waals surface area (Å²) in [6.07, 6.45) is -1.88. The largest absolute Gasteiger partial charge is 0.416 e. The lowest BCUT2D eigenvalue weighted by Gasteiger charge is -2.23. The normalized spacial score (nSPS) is 24.7. The maximum absolute atomic E-state index is 12.7. The zero-order valence-electron chi connectivity index (χ0n) is 12.5. The molecule has 1 saturated carbocycles. The lowest BCUT2D eigenvalue weighted by atomic mass is 10.0. The minimum absolute atomic E-state index is 0. The van der Waals surface area contributed by atoms with Crippen molar-refractivity contribution < 1.29 is 18.0 Å². The number of rotatable bonds is 3. The topological polar surface area (TPSA) is 41.1 Å². The first-order valence-corrected chi connectivity index (χ1v) is 7.63. The predicted molar refractivity (Wildman–Crippen MR) is 83.6 cm³/mol. The molecule has 1 aromatic rings. The van der Waals surface area contributed by atoms with Gasteiger partial charge in [-0.25, -0.2) is 0 Å². The fourth-order valence-corrected chi connectivity index (χ4v) is 3.07. The molecule has 3 rings (SSSR count). The van der Waals surface area contributed by atoms with Gasteiger partial charge in [0.1, 0.15) is 0 Å². The second-order valence-corrected chi connectivity index (χ2v) is 6.10. The van der Waals surface area contributed by atoms with Gasteiger partial charge in [0.25, 0.3) is 0 Å². The average Bonchev–Trinajstić information content (AvgIpc) is 3.28. The Bertz CT molecular complexity index is 559. The molecule has 2 N–H and O–H groups in total. The summed E-state index contributed by atoms with van der Waals surface area (Å²) in [5.41, 5.74) is -0.0327. The van der Waals surface area contributed by atoms with Gasteiger partial charge >= 0.3 is 6.18 Å². The molecule has 0 spiro atoms. The van der Waals surface area contributed by atoms with Gasteiger partial charge in [-0.3, -0.25) is 4.79 Å². The highest BCUT2D eigenvalue weighted by Gasteiger charge is 2.45. The number of hydrogen-bond donors (Lipinski definition) is 2. The summed E-state index contributed by atoms with van der Waals surface area (Å²) in [5.74, 6) is -0.281. The van der Waals surface area contributed by atoms with Crippen LogP contribution in [0.5, 0.6) is 0 Å². The Morgan fingerprint density at radius 2 is 1.91 bits per heavy atom. The van der Waals surface area contributed by atoms with E-state index in [0.717, 1.165) is 32.0 Å². The van der Waals surface area contributed by atoms with E-state index in [1.54, 1.807) is 6.07 Å². The molecule has 0 radical (unpaired) electrons. The number of carbonyl (C=O) groups is 1. The second kappa shape index (κ2) is 7.09. The van der Waals surface area contributed by atoms with Crippen LogP contribution in [0.1, 0.15) is 36.3 Å². The van der Waals surface area contributed by atoms with Crippen molar-refractivity contribution in [3.8, 4) is 0 Å². The molecule has 0 bridgehead atoms. The third-order valence-corrected chi connectivity index (χ3v) is 4.45. The van der Waals surface area contributed by atoms with Crippen LogP contribution in [0.25, 0.3) is 0 Å². The van der Waals surface area contributed by atoms with Crippen LogP contribution in [0, 0.1) is 5.92 Å². The highest BCUT2D eigenvalue weighted by molar-refractivity contribution is 5.85. The number of carbonyl (C=O) groups excluding carboxylic acids is 1. The maximum Gasteiger partial charge on any atom is 0.416 e. The lowest BCUT2D eigenvalue weighted by Crippen LogP contribution is -2.43. The first-order chi connectivity index (χ1) is 10.4. The fraction of sp³-hybridized carbons (Fsp3) is 0.562. The molecule has 2 fully saturated rings. The van der Waals surface area contributed by atoms with Gasteiger partial charge in [0, 0.05) is 12.0 Å². The van der Waals surface area contributed by atoms with Crippen LogP contribution in [-0.4, -0.2) is 25.0 Å². The highest BCUT2D eigenvalue weighted by Crippen LogP contribution is 2.48. The number of hydrogen-bond acceptors (Lipinski definition) is 2. The van der Waals surface area contributed by atoms with Gasteiger partial charge < -0.3 is 10.6 Å². The van der Waals surface area contributed by atoms with E-state index in [2.05, 4.69) is 10.6 Å². The molecule has 1 heterocycles. The van der Waals surface area contributed by atoms with Crippen molar-refractivity contribution in [2.24, 2.45) is 5.92 Å². The second-order valence-electron chi connectivity index (χ2n) is 6.10. The van der Waals surface area contributed by atoms with Gasteiger partial charge in [-0.05, 0) is 49.9 Å². The maximum atomic E-state index is 12.7. The quantitative estimate of drug-likeness (QED) is 0.881. The molecular formula is C16H20ClF3N2O. The van der Waals surface area contributed by atoms with Gasteiger partial charge in [-0.15, -0.1) is 12.4 Å². The molecule has 2 unspecified atom stereocenters. The van der Waals surface area contributed by atoms with Crippen LogP contribution >= 0.6 is 12.4 Å². The Hall–Kier alpha value is -1.27. The van der Waals surface area contributed by atoms with Gasteiger partial charge in [-0.1, -0.05) is 18.2 Å². The number of alkyl halides is 3. The van der Waals surface area contributed by atoms with Crippen LogP contribution in [0.4, 0.5) is 13.2 Å². The van der Waals surface area contributed by atoms with E-state index < -0.39 is 11.7 Å². The first kappa shape index (κ1) is 18.1. The van der Waals surface area contributed by atoms with Crippen LogP contribution < -0.4 is 10.6 Å². The zero-order valence-corrected chi connectivity index (χ0v) is 13.3. The number of piperidine rings is 1. The Balaban J connectivity index is 0.00000192. The average molecular weight is 349 g/mol. The molecule has 128 valence electrons. The van der Waals surface area contributed by atoms with Crippen LogP contribution in [0.3, 0.4) is 0 Å². The van der Waals surface area contributed by atoms with Gasteiger partial charge in [0.05, 0.1) is 5.56 Å². The van der Waals surface area contributed by atoms with E-state index in [1.807, 2.05) is 0 Å². The van der Waals surface area contributed by atoms with E-state index in [0.29, 0.717) is 12.0 Å². The molecule has 3 nitrogen and oxygen atoms in total. The molecule has 2 atom stereocenters. The Labute approximate surface area is 139 Å². The molecule has 2 aliphatic rings. The van der Waals surface area contributed by atoms with Crippen molar-refractivity contribution in [3.05, 3.63) is 35.4 Å². The lowest BCUT2D eigenvalue weighted by molar-refractivity contribution is -0.137. The third kappa shape index (κ3) is 4.38. The van der Waals surface area contributed by atoms with Gasteiger partial charge in [0.15, 0.2) is 0 Å². The van der Waals surface area contributed by atoms with Crippen molar-refractivity contribution >= 4 is 18.3 Å². The van der Waals surface area contributed by atoms with Crippen LogP contribution in [0.2, 0.25) is 0 Å². The van der Waals surface area contributed by atoms with Crippen molar-refractivity contribution in [2.45, 2.75) is 37.4 Å².